The van der Waals surface area contributed by atoms with E-state index in [0.29, 0.717) is 92.3 Å². The number of rotatable bonds is 26. The molecule has 20 heteroatoms. The van der Waals surface area contributed by atoms with Crippen molar-refractivity contribution >= 4 is 47.0 Å². The first-order chi connectivity index (χ1) is 38.5. The molecule has 5 aromatic rings. The zero-order valence-electron chi connectivity index (χ0n) is 45.6. The number of likely N-dealkylation sites (N-methyl/N-ethyl adjacent to an activating group) is 2. The van der Waals surface area contributed by atoms with E-state index in [1.54, 1.807) is 67.2 Å². The van der Waals surface area contributed by atoms with E-state index in [9.17, 15) is 47.1 Å². The summed E-state index contributed by atoms with van der Waals surface area (Å²) in [5.41, 5.74) is 8.51. The van der Waals surface area contributed by atoms with E-state index in [0.717, 1.165) is 0 Å². The Bertz CT molecular complexity index is 2850. The van der Waals surface area contributed by atoms with Crippen LogP contribution in [0.15, 0.2) is 110 Å². The molecule has 0 bridgehead atoms. The van der Waals surface area contributed by atoms with Gasteiger partial charge in [-0.15, -0.1) is 0 Å². The summed E-state index contributed by atoms with van der Waals surface area (Å²) in [5, 5.41) is 11.7. The third kappa shape index (κ3) is 15.2. The number of hydrogen-bond acceptors (Lipinski definition) is 12. The van der Waals surface area contributed by atoms with Crippen LogP contribution in [0.4, 0.5) is 8.78 Å². The number of amides is 6. The third-order valence-corrected chi connectivity index (χ3v) is 15.0. The molecule has 6 atom stereocenters. The lowest BCUT2D eigenvalue weighted by molar-refractivity contribution is -0.138. The van der Waals surface area contributed by atoms with Crippen molar-refractivity contribution in [3.05, 3.63) is 166 Å². The summed E-state index contributed by atoms with van der Waals surface area (Å²) in [5.74, 6) is -3.94. The second-order valence-electron chi connectivity index (χ2n) is 20.4. The van der Waals surface area contributed by atoms with Gasteiger partial charge in [-0.3, -0.25) is 48.3 Å². The lowest BCUT2D eigenvalue weighted by atomic mass is 9.99. The van der Waals surface area contributed by atoms with Gasteiger partial charge in [-0.05, 0) is 188 Å². The highest BCUT2D eigenvalue weighted by molar-refractivity contribution is 6.09. The van der Waals surface area contributed by atoms with Crippen LogP contribution in [-0.2, 0) is 19.2 Å². The fraction of sp³-hybridized carbons (Fsp3) is 0.400. The van der Waals surface area contributed by atoms with E-state index in [1.807, 2.05) is 0 Å². The molecular formula is C60H70F2N10O8. The zero-order chi connectivity index (χ0) is 57.5. The molecule has 0 aliphatic carbocycles. The van der Waals surface area contributed by atoms with Crippen LogP contribution in [0.1, 0.15) is 154 Å². The highest BCUT2D eigenvalue weighted by Crippen LogP contribution is 2.35. The van der Waals surface area contributed by atoms with Crippen molar-refractivity contribution in [2.24, 2.45) is 5.73 Å². The van der Waals surface area contributed by atoms with Gasteiger partial charge < -0.3 is 41.7 Å². The smallest absolute Gasteiger partial charge is 0.253 e. The Balaban J connectivity index is 1.04. The maximum absolute atomic E-state index is 14.6. The van der Waals surface area contributed by atoms with Gasteiger partial charge in [0.05, 0.1) is 24.2 Å². The number of pyridine rings is 2. The molecule has 80 heavy (non-hydrogen) atoms. The Kier molecular flexibility index (Phi) is 21.0. The molecule has 2 fully saturated rings. The number of carbonyl (C=O) groups excluding carboxylic acids is 8. The van der Waals surface area contributed by atoms with Crippen LogP contribution in [0.3, 0.4) is 0 Å². The molecule has 4 heterocycles. The summed E-state index contributed by atoms with van der Waals surface area (Å²) in [6, 6.07) is 15.9. The van der Waals surface area contributed by atoms with Crippen molar-refractivity contribution in [1.29, 1.82) is 0 Å². The van der Waals surface area contributed by atoms with Crippen molar-refractivity contribution < 1.29 is 47.1 Å². The fourth-order valence-corrected chi connectivity index (χ4v) is 10.2. The molecule has 2 aliphatic heterocycles. The number of aromatic nitrogens is 2. The lowest BCUT2D eigenvalue weighted by Crippen LogP contribution is -2.52. The van der Waals surface area contributed by atoms with E-state index in [4.69, 9.17) is 5.73 Å². The minimum absolute atomic E-state index is 0.231. The molecule has 6 amide bonds. The number of unbranched alkanes of at least 4 members (excludes halogenated alkanes) is 2. The number of benzene rings is 3. The van der Waals surface area contributed by atoms with Crippen molar-refractivity contribution in [1.82, 2.24) is 45.9 Å². The first-order valence-electron chi connectivity index (χ1n) is 27.2. The Morgan fingerprint density at radius 3 is 1.34 bits per heavy atom. The van der Waals surface area contributed by atoms with Gasteiger partial charge in [-0.2, -0.15) is 0 Å². The van der Waals surface area contributed by atoms with Crippen molar-refractivity contribution in [3.63, 3.8) is 0 Å². The molecule has 2 aliphatic rings. The minimum atomic E-state index is -0.934. The number of primary amides is 1. The Hall–Kier alpha value is -8.10. The number of halogens is 2. The molecule has 6 N–H and O–H groups in total. The van der Waals surface area contributed by atoms with Gasteiger partial charge in [0, 0.05) is 84.3 Å². The zero-order valence-corrected chi connectivity index (χ0v) is 45.6. The number of nitrogens with zero attached hydrogens (tertiary/aromatic N) is 5. The monoisotopic (exact) mass is 1100 g/mol. The molecule has 0 radical (unpaired) electrons. The highest BCUT2D eigenvalue weighted by atomic mass is 19.1. The number of nitrogens with one attached hydrogen (secondary N) is 4. The summed E-state index contributed by atoms with van der Waals surface area (Å²) in [6.45, 7) is 4.67. The van der Waals surface area contributed by atoms with Crippen LogP contribution in [0, 0.1) is 11.6 Å². The number of nitrogens with two attached hydrogens (primary N) is 1. The lowest BCUT2D eigenvalue weighted by Gasteiger charge is -2.31. The molecule has 0 saturated carbocycles. The minimum Gasteiger partial charge on any atom is -0.366 e. The van der Waals surface area contributed by atoms with Gasteiger partial charge >= 0.3 is 0 Å². The van der Waals surface area contributed by atoms with E-state index in [2.05, 4.69) is 31.2 Å². The molecular weight excluding hydrogens is 1030 g/mol. The Labute approximate surface area is 464 Å². The molecule has 3 aromatic carbocycles. The molecule has 2 aromatic heterocycles. The molecule has 18 nitrogen and oxygen atoms in total. The van der Waals surface area contributed by atoms with Crippen LogP contribution in [0.2, 0.25) is 0 Å². The fourth-order valence-electron chi connectivity index (χ4n) is 10.2. The van der Waals surface area contributed by atoms with Gasteiger partial charge in [-0.25, -0.2) is 8.78 Å². The standard InChI is InChI=1S/C60H70F2N10O8/c1-37(64-3)56(76)68-49(59(79)71-29-9-13-51(71)43-31-45(35-66-33-43)53(73)39-19-23-47(61)24-20-39)11-5-7-27-70(58(78)42-17-15-41(16-18-42)55(63)75)28-8-6-12-50(69-57(77)38(2)65-4)60(80)72-30-10-14-52(72)44-32-46(36-67-34-44)54(74)40-21-25-48(62)26-22-40/h15-26,31-38,49-52,64-65H,5-14,27-30H2,1-4H3,(H2,63,75)(H,68,76)(H,69,77)/t37-,38-,49-,50-,51-,52-/m0/s1. The third-order valence-electron chi connectivity index (χ3n) is 15.0. The predicted molar refractivity (Wildman–Crippen MR) is 295 cm³/mol. The van der Waals surface area contributed by atoms with Gasteiger partial charge in [0.1, 0.15) is 23.7 Å². The summed E-state index contributed by atoms with van der Waals surface area (Å²) < 4.78 is 27.3. The summed E-state index contributed by atoms with van der Waals surface area (Å²) in [4.78, 5) is 123. The van der Waals surface area contributed by atoms with Crippen LogP contribution in [0.5, 0.6) is 0 Å². The first-order valence-corrected chi connectivity index (χ1v) is 27.2. The van der Waals surface area contributed by atoms with Crippen molar-refractivity contribution in [3.8, 4) is 0 Å². The molecule has 7 rings (SSSR count). The highest BCUT2D eigenvalue weighted by Gasteiger charge is 2.37. The maximum atomic E-state index is 14.6. The SMILES string of the molecule is CN[C@@H](C)C(=O)N[C@@H](CCCCN(CCCC[C@H](NC(=O)[C@H](C)NC)C(=O)N1CCC[C@H]1c1cncc(C(=O)c2ccc(F)cc2)c1)C(=O)c1ccc(C(N)=O)cc1)C(=O)N1CCC[C@H]1c1cncc(C(=O)c2ccc(F)cc2)c1. The number of carbonyl (C=O) groups is 8. The Morgan fingerprint density at radius 1 is 0.562 bits per heavy atom. The van der Waals surface area contributed by atoms with Gasteiger partial charge in [-0.1, -0.05) is 0 Å². The van der Waals surface area contributed by atoms with E-state index >= 15 is 0 Å². The second-order valence-corrected chi connectivity index (χ2v) is 20.4. The van der Waals surface area contributed by atoms with Crippen LogP contribution in [-0.4, -0.2) is 136 Å². The van der Waals surface area contributed by atoms with Gasteiger partial charge in [0.15, 0.2) is 11.6 Å². The van der Waals surface area contributed by atoms with Crippen LogP contribution >= 0.6 is 0 Å². The number of hydrogen-bond donors (Lipinski definition) is 5. The second kappa shape index (κ2) is 28.2. The quantitative estimate of drug-likeness (QED) is 0.0316. The first kappa shape index (κ1) is 59.6. The number of ketones is 2. The van der Waals surface area contributed by atoms with Crippen LogP contribution < -0.4 is 27.0 Å². The van der Waals surface area contributed by atoms with E-state index < -0.39 is 53.8 Å². The molecule has 0 unspecified atom stereocenters. The normalized spacial score (nSPS) is 16.5. The van der Waals surface area contributed by atoms with E-state index in [-0.39, 0.29) is 83.7 Å². The van der Waals surface area contributed by atoms with Gasteiger partial charge in [0.2, 0.25) is 29.5 Å². The van der Waals surface area contributed by atoms with Gasteiger partial charge in [0.25, 0.3) is 5.91 Å². The summed E-state index contributed by atoms with van der Waals surface area (Å²) >= 11 is 0. The topological polar surface area (TPSA) is 246 Å². The average molecular weight is 1100 g/mol. The predicted octanol–water partition coefficient (Wildman–Crippen LogP) is 6.01. The Morgan fingerprint density at radius 2 is 0.950 bits per heavy atom. The summed E-state index contributed by atoms with van der Waals surface area (Å²) in [7, 11) is 3.28. The largest absolute Gasteiger partial charge is 0.366 e. The molecule has 422 valence electrons. The van der Waals surface area contributed by atoms with Crippen LogP contribution in [0.25, 0.3) is 0 Å². The average Bonchev–Trinajstić information content (AvgIpc) is 4.20. The van der Waals surface area contributed by atoms with Crippen molar-refractivity contribution in [2.45, 2.75) is 114 Å². The maximum Gasteiger partial charge on any atom is 0.253 e. The summed E-state index contributed by atoms with van der Waals surface area (Å²) in [6.07, 6.45) is 10.8. The van der Waals surface area contributed by atoms with Crippen molar-refractivity contribution in [2.75, 3.05) is 40.3 Å². The molecule has 2 saturated heterocycles. The van der Waals surface area contributed by atoms with E-state index in [1.165, 1.54) is 85.2 Å². The molecule has 0 spiro atoms. The number of likely N-dealkylation sites (tertiary alicyclic amines) is 2.